The number of rotatable bonds is 4. The van der Waals surface area contributed by atoms with Gasteiger partial charge in [0.05, 0.1) is 6.10 Å². The molecule has 3 heteroatoms. The third kappa shape index (κ3) is 3.94. The van der Waals surface area contributed by atoms with E-state index >= 15 is 0 Å². The number of piperazine rings is 1. The fourth-order valence-electron chi connectivity index (χ4n) is 3.22. The van der Waals surface area contributed by atoms with Gasteiger partial charge in [0.1, 0.15) is 0 Å². The summed E-state index contributed by atoms with van der Waals surface area (Å²) in [5, 5.41) is 3.65. The van der Waals surface area contributed by atoms with E-state index in [-0.39, 0.29) is 5.54 Å². The van der Waals surface area contributed by atoms with Crippen molar-refractivity contribution in [3.05, 3.63) is 0 Å². The molecule has 3 nitrogen and oxygen atoms in total. The Morgan fingerprint density at radius 1 is 1.33 bits per heavy atom. The molecule has 0 radical (unpaired) electrons. The molecule has 0 aromatic rings. The molecular formula is C15H30N2O. The van der Waals surface area contributed by atoms with Crippen LogP contribution in [0.4, 0.5) is 0 Å². The van der Waals surface area contributed by atoms with Crippen LogP contribution in [0.25, 0.3) is 0 Å². The smallest absolute Gasteiger partial charge is 0.0587 e. The van der Waals surface area contributed by atoms with Crippen molar-refractivity contribution in [3.63, 3.8) is 0 Å². The Morgan fingerprint density at radius 2 is 2.17 bits per heavy atom. The maximum Gasteiger partial charge on any atom is 0.0587 e. The van der Waals surface area contributed by atoms with E-state index in [0.29, 0.717) is 12.1 Å². The molecule has 2 saturated heterocycles. The predicted molar refractivity (Wildman–Crippen MR) is 75.9 cm³/mol. The second-order valence-electron chi connectivity index (χ2n) is 6.57. The van der Waals surface area contributed by atoms with E-state index in [4.69, 9.17) is 4.74 Å². The molecule has 0 aliphatic carbocycles. The van der Waals surface area contributed by atoms with Gasteiger partial charge in [-0.25, -0.2) is 0 Å². The van der Waals surface area contributed by atoms with E-state index in [9.17, 15) is 0 Å². The van der Waals surface area contributed by atoms with E-state index in [1.54, 1.807) is 0 Å². The molecule has 2 heterocycles. The first-order valence-corrected chi connectivity index (χ1v) is 7.71. The van der Waals surface area contributed by atoms with Gasteiger partial charge in [-0.15, -0.1) is 0 Å². The van der Waals surface area contributed by atoms with E-state index < -0.39 is 0 Å². The van der Waals surface area contributed by atoms with Gasteiger partial charge in [-0.2, -0.15) is 0 Å². The van der Waals surface area contributed by atoms with Crippen LogP contribution in [-0.4, -0.2) is 48.8 Å². The average molecular weight is 254 g/mol. The van der Waals surface area contributed by atoms with Crippen LogP contribution in [0.5, 0.6) is 0 Å². The normalized spacial score (nSPS) is 33.5. The highest BCUT2D eigenvalue weighted by molar-refractivity contribution is 4.91. The molecule has 0 spiro atoms. The lowest BCUT2D eigenvalue weighted by Gasteiger charge is -2.45. The van der Waals surface area contributed by atoms with E-state index in [0.717, 1.165) is 19.7 Å². The Kier molecular flexibility index (Phi) is 5.05. The summed E-state index contributed by atoms with van der Waals surface area (Å²) in [6, 6.07) is 0.710. The van der Waals surface area contributed by atoms with Crippen LogP contribution in [0.1, 0.15) is 52.9 Å². The van der Waals surface area contributed by atoms with Gasteiger partial charge in [-0.1, -0.05) is 6.92 Å². The fourth-order valence-corrected chi connectivity index (χ4v) is 3.22. The zero-order valence-corrected chi connectivity index (χ0v) is 12.4. The van der Waals surface area contributed by atoms with Crippen molar-refractivity contribution in [3.8, 4) is 0 Å². The van der Waals surface area contributed by atoms with Crippen molar-refractivity contribution in [1.82, 2.24) is 10.2 Å². The fraction of sp³-hybridized carbons (Fsp3) is 1.00. The van der Waals surface area contributed by atoms with Gasteiger partial charge in [0, 0.05) is 37.8 Å². The molecule has 0 aromatic heterocycles. The Morgan fingerprint density at radius 3 is 2.83 bits per heavy atom. The Hall–Kier alpha value is -0.120. The lowest BCUT2D eigenvalue weighted by Crippen LogP contribution is -2.61. The van der Waals surface area contributed by atoms with Crippen LogP contribution >= 0.6 is 0 Å². The van der Waals surface area contributed by atoms with Crippen LogP contribution in [0.2, 0.25) is 0 Å². The highest BCUT2D eigenvalue weighted by Gasteiger charge is 2.31. The Balaban J connectivity index is 1.80. The molecule has 2 atom stereocenters. The number of hydrogen-bond acceptors (Lipinski definition) is 3. The van der Waals surface area contributed by atoms with Crippen molar-refractivity contribution >= 4 is 0 Å². The van der Waals surface area contributed by atoms with Crippen LogP contribution in [-0.2, 0) is 4.74 Å². The SMILES string of the molecule is CCC1CNC(C)(C)CN1CCC1CCCCO1. The van der Waals surface area contributed by atoms with E-state index in [1.807, 2.05) is 0 Å². The van der Waals surface area contributed by atoms with Crippen molar-refractivity contribution in [2.24, 2.45) is 0 Å². The summed E-state index contributed by atoms with van der Waals surface area (Å²) in [5.41, 5.74) is 0.263. The lowest BCUT2D eigenvalue weighted by molar-refractivity contribution is -0.00317. The summed E-state index contributed by atoms with van der Waals surface area (Å²) in [6.07, 6.45) is 6.87. The number of nitrogens with one attached hydrogen (secondary N) is 1. The summed E-state index contributed by atoms with van der Waals surface area (Å²) in [4.78, 5) is 2.68. The van der Waals surface area contributed by atoms with Crippen LogP contribution in [0.3, 0.4) is 0 Å². The first kappa shape index (κ1) is 14.3. The highest BCUT2D eigenvalue weighted by atomic mass is 16.5. The molecule has 106 valence electrons. The topological polar surface area (TPSA) is 24.5 Å². The van der Waals surface area contributed by atoms with Crippen LogP contribution in [0.15, 0.2) is 0 Å². The van der Waals surface area contributed by atoms with Crippen molar-refractivity contribution in [1.29, 1.82) is 0 Å². The minimum Gasteiger partial charge on any atom is -0.378 e. The number of hydrogen-bond donors (Lipinski definition) is 1. The van der Waals surface area contributed by atoms with Gasteiger partial charge in [-0.3, -0.25) is 4.90 Å². The second kappa shape index (κ2) is 6.36. The molecule has 2 aliphatic heterocycles. The van der Waals surface area contributed by atoms with Crippen molar-refractivity contribution < 1.29 is 4.74 Å². The van der Waals surface area contributed by atoms with Crippen molar-refractivity contribution in [2.45, 2.75) is 70.6 Å². The largest absolute Gasteiger partial charge is 0.378 e. The second-order valence-corrected chi connectivity index (χ2v) is 6.57. The third-order valence-electron chi connectivity index (χ3n) is 4.41. The molecule has 2 unspecified atom stereocenters. The monoisotopic (exact) mass is 254 g/mol. The van der Waals surface area contributed by atoms with Crippen molar-refractivity contribution in [2.75, 3.05) is 26.2 Å². The van der Waals surface area contributed by atoms with Gasteiger partial charge in [0.2, 0.25) is 0 Å². The van der Waals surface area contributed by atoms with Gasteiger partial charge >= 0.3 is 0 Å². The van der Waals surface area contributed by atoms with E-state index in [2.05, 4.69) is 31.0 Å². The van der Waals surface area contributed by atoms with Gasteiger partial charge in [-0.05, 0) is 46.0 Å². The first-order chi connectivity index (χ1) is 8.61. The highest BCUT2D eigenvalue weighted by Crippen LogP contribution is 2.20. The van der Waals surface area contributed by atoms with Gasteiger partial charge in [0.15, 0.2) is 0 Å². The van der Waals surface area contributed by atoms with Crippen LogP contribution in [0, 0.1) is 0 Å². The average Bonchev–Trinajstić information content (AvgIpc) is 2.37. The van der Waals surface area contributed by atoms with Gasteiger partial charge < -0.3 is 10.1 Å². The Labute approximate surface area is 112 Å². The molecule has 0 saturated carbocycles. The number of nitrogens with zero attached hydrogens (tertiary/aromatic N) is 1. The quantitative estimate of drug-likeness (QED) is 0.834. The molecule has 2 fully saturated rings. The number of ether oxygens (including phenoxy) is 1. The van der Waals surface area contributed by atoms with Gasteiger partial charge in [0.25, 0.3) is 0 Å². The molecule has 1 N–H and O–H groups in total. The summed E-state index contributed by atoms with van der Waals surface area (Å²) < 4.78 is 5.85. The molecule has 0 amide bonds. The molecule has 0 bridgehead atoms. The van der Waals surface area contributed by atoms with Crippen LogP contribution < -0.4 is 5.32 Å². The minimum absolute atomic E-state index is 0.263. The molecule has 18 heavy (non-hydrogen) atoms. The third-order valence-corrected chi connectivity index (χ3v) is 4.41. The molecule has 0 aromatic carbocycles. The zero-order valence-electron chi connectivity index (χ0n) is 12.4. The standard InChI is InChI=1S/C15H30N2O/c1-4-13-11-16-15(2,3)12-17(13)9-8-14-7-5-6-10-18-14/h13-14,16H,4-12H2,1-3H3. The lowest BCUT2D eigenvalue weighted by atomic mass is 9.96. The minimum atomic E-state index is 0.263. The predicted octanol–water partition coefficient (Wildman–Crippen LogP) is 2.41. The summed E-state index contributed by atoms with van der Waals surface area (Å²) in [5.74, 6) is 0. The summed E-state index contributed by atoms with van der Waals surface area (Å²) in [7, 11) is 0. The first-order valence-electron chi connectivity index (χ1n) is 7.71. The zero-order chi connectivity index (χ0) is 13.0. The molecular weight excluding hydrogens is 224 g/mol. The summed E-state index contributed by atoms with van der Waals surface area (Å²) in [6.45, 7) is 11.4. The maximum atomic E-state index is 5.85. The maximum absolute atomic E-state index is 5.85. The van der Waals surface area contributed by atoms with E-state index in [1.165, 1.54) is 38.6 Å². The summed E-state index contributed by atoms with van der Waals surface area (Å²) >= 11 is 0. The molecule has 2 rings (SSSR count). The molecule has 2 aliphatic rings. The Bertz CT molecular complexity index is 249.